The van der Waals surface area contributed by atoms with E-state index in [9.17, 15) is 9.90 Å². The fraction of sp³-hybridized carbons (Fsp3) is 0.381. The second-order valence-corrected chi connectivity index (χ2v) is 7.20. The van der Waals surface area contributed by atoms with Crippen LogP contribution in [0.3, 0.4) is 0 Å². The molecule has 1 amide bonds. The topological polar surface area (TPSA) is 67.8 Å². The first-order valence-corrected chi connectivity index (χ1v) is 9.37. The van der Waals surface area contributed by atoms with Crippen molar-refractivity contribution in [1.82, 2.24) is 5.32 Å². The Morgan fingerprint density at radius 2 is 2.00 bits per heavy atom. The second-order valence-electron chi connectivity index (χ2n) is 6.82. The van der Waals surface area contributed by atoms with E-state index in [2.05, 4.69) is 17.4 Å². The van der Waals surface area contributed by atoms with Gasteiger partial charge in [0.2, 0.25) is 5.91 Å². The van der Waals surface area contributed by atoms with Crippen molar-refractivity contribution in [2.75, 3.05) is 7.11 Å². The van der Waals surface area contributed by atoms with Gasteiger partial charge in [-0.2, -0.15) is 0 Å². The molecular weight excluding hydrogens is 366 g/mol. The summed E-state index contributed by atoms with van der Waals surface area (Å²) in [6.07, 6.45) is 1.67. The summed E-state index contributed by atoms with van der Waals surface area (Å²) in [7, 11) is 1.48. The Hall–Kier alpha value is -2.24. The number of hydrogen-bond acceptors (Lipinski definition) is 4. The van der Waals surface area contributed by atoms with Crippen LogP contribution in [0.15, 0.2) is 42.5 Å². The standard InChI is InChI=1S/C21H24ClNO4/c1-13(24)23-15-11-16(10-14-6-4-3-5-7-14)27-19(12-15)17-8-9-18(26-2)21(25)20(17)22/h3-9,15-16,19,25H,10-12H2,1-2H3,(H,23,24)/t15-,16+,19+/m0/s1. The first-order chi connectivity index (χ1) is 13.0. The first kappa shape index (κ1) is 19.5. The molecule has 144 valence electrons. The third kappa shape index (κ3) is 4.73. The van der Waals surface area contributed by atoms with E-state index in [4.69, 9.17) is 21.1 Å². The number of phenolic OH excluding ortho intramolecular Hbond substituents is 1. The van der Waals surface area contributed by atoms with Crippen molar-refractivity contribution in [2.45, 2.75) is 44.4 Å². The first-order valence-electron chi connectivity index (χ1n) is 8.99. The predicted octanol–water partition coefficient (Wildman–Crippen LogP) is 4.02. The number of rotatable bonds is 5. The zero-order chi connectivity index (χ0) is 19.4. The van der Waals surface area contributed by atoms with E-state index in [0.717, 1.165) is 12.8 Å². The SMILES string of the molecule is COc1ccc([C@H]2C[C@@H](NC(C)=O)C[C@@H](Cc3ccccc3)O2)c(Cl)c1O. The Morgan fingerprint density at radius 3 is 2.67 bits per heavy atom. The molecule has 0 bridgehead atoms. The molecule has 2 aromatic carbocycles. The van der Waals surface area contributed by atoms with Gasteiger partial charge in [0, 0.05) is 18.5 Å². The van der Waals surface area contributed by atoms with Crippen LogP contribution < -0.4 is 10.1 Å². The molecule has 0 unspecified atom stereocenters. The van der Waals surface area contributed by atoms with Crippen LogP contribution in [-0.4, -0.2) is 30.3 Å². The van der Waals surface area contributed by atoms with Gasteiger partial charge in [-0.25, -0.2) is 0 Å². The highest BCUT2D eigenvalue weighted by Gasteiger charge is 2.33. The fourth-order valence-corrected chi connectivity index (χ4v) is 3.88. The molecule has 1 aliphatic rings. The minimum Gasteiger partial charge on any atom is -0.503 e. The Labute approximate surface area is 164 Å². The van der Waals surface area contributed by atoms with Crippen molar-refractivity contribution < 1.29 is 19.4 Å². The highest BCUT2D eigenvalue weighted by Crippen LogP contribution is 2.43. The average Bonchev–Trinajstić information content (AvgIpc) is 2.64. The summed E-state index contributed by atoms with van der Waals surface area (Å²) in [5.41, 5.74) is 1.87. The molecule has 5 nitrogen and oxygen atoms in total. The fourth-order valence-electron chi connectivity index (χ4n) is 3.61. The van der Waals surface area contributed by atoms with Crippen molar-refractivity contribution in [1.29, 1.82) is 0 Å². The monoisotopic (exact) mass is 389 g/mol. The molecule has 2 N–H and O–H groups in total. The Bertz CT molecular complexity index is 796. The van der Waals surface area contributed by atoms with Crippen LogP contribution in [-0.2, 0) is 16.0 Å². The molecule has 1 aliphatic heterocycles. The lowest BCUT2D eigenvalue weighted by atomic mass is 9.91. The summed E-state index contributed by atoms with van der Waals surface area (Å²) >= 11 is 6.37. The minimum absolute atomic E-state index is 0.0183. The maximum absolute atomic E-state index is 11.6. The molecule has 0 radical (unpaired) electrons. The third-order valence-corrected chi connectivity index (χ3v) is 5.19. The van der Waals surface area contributed by atoms with Crippen LogP contribution in [0.4, 0.5) is 0 Å². The van der Waals surface area contributed by atoms with Crippen molar-refractivity contribution in [3.05, 3.63) is 58.6 Å². The lowest BCUT2D eigenvalue weighted by molar-refractivity contribution is -0.122. The van der Waals surface area contributed by atoms with Crippen LogP contribution in [0, 0.1) is 0 Å². The molecule has 0 saturated carbocycles. The number of carbonyl (C=O) groups excluding carboxylic acids is 1. The highest BCUT2D eigenvalue weighted by molar-refractivity contribution is 6.33. The zero-order valence-corrected chi connectivity index (χ0v) is 16.2. The molecule has 2 aromatic rings. The summed E-state index contributed by atoms with van der Waals surface area (Å²) in [5, 5.41) is 13.5. The lowest BCUT2D eigenvalue weighted by Crippen LogP contribution is -2.42. The maximum atomic E-state index is 11.6. The van der Waals surface area contributed by atoms with Crippen LogP contribution in [0.1, 0.15) is 37.0 Å². The number of halogens is 1. The van der Waals surface area contributed by atoms with E-state index in [1.54, 1.807) is 12.1 Å². The molecule has 0 spiro atoms. The molecule has 3 atom stereocenters. The molecule has 1 fully saturated rings. The summed E-state index contributed by atoms with van der Waals surface area (Å²) < 4.78 is 11.4. The zero-order valence-electron chi connectivity index (χ0n) is 15.4. The van der Waals surface area contributed by atoms with Gasteiger partial charge in [0.15, 0.2) is 11.5 Å². The molecule has 0 aliphatic carbocycles. The summed E-state index contributed by atoms with van der Waals surface area (Å²) in [6.45, 7) is 1.52. The Morgan fingerprint density at radius 1 is 1.26 bits per heavy atom. The second kappa shape index (κ2) is 8.63. The quantitative estimate of drug-likeness (QED) is 0.810. The van der Waals surface area contributed by atoms with Gasteiger partial charge in [0.05, 0.1) is 24.3 Å². The van der Waals surface area contributed by atoms with E-state index in [-0.39, 0.29) is 34.9 Å². The number of phenols is 1. The van der Waals surface area contributed by atoms with Crippen molar-refractivity contribution in [3.8, 4) is 11.5 Å². The predicted molar refractivity (Wildman–Crippen MR) is 104 cm³/mol. The smallest absolute Gasteiger partial charge is 0.217 e. The third-order valence-electron chi connectivity index (χ3n) is 4.79. The molecule has 0 aromatic heterocycles. The van der Waals surface area contributed by atoms with E-state index >= 15 is 0 Å². The molecule has 6 heteroatoms. The highest BCUT2D eigenvalue weighted by atomic mass is 35.5. The molecular formula is C21H24ClNO4. The number of hydrogen-bond donors (Lipinski definition) is 2. The number of ether oxygens (including phenoxy) is 2. The normalized spacial score (nSPS) is 22.3. The van der Waals surface area contributed by atoms with Gasteiger partial charge in [-0.3, -0.25) is 4.79 Å². The van der Waals surface area contributed by atoms with E-state index in [1.165, 1.54) is 19.6 Å². The van der Waals surface area contributed by atoms with Gasteiger partial charge in [-0.05, 0) is 30.9 Å². The Kier molecular flexibility index (Phi) is 6.24. The number of methoxy groups -OCH3 is 1. The van der Waals surface area contributed by atoms with Gasteiger partial charge in [0.25, 0.3) is 0 Å². The number of amides is 1. The molecule has 3 rings (SSSR count). The summed E-state index contributed by atoms with van der Waals surface area (Å²) in [6, 6.07) is 13.6. The van der Waals surface area contributed by atoms with E-state index < -0.39 is 0 Å². The van der Waals surface area contributed by atoms with Crippen molar-refractivity contribution in [2.24, 2.45) is 0 Å². The molecule has 1 saturated heterocycles. The number of benzene rings is 2. The molecule has 27 heavy (non-hydrogen) atoms. The number of nitrogens with one attached hydrogen (secondary N) is 1. The Balaban J connectivity index is 1.85. The van der Waals surface area contributed by atoms with Crippen LogP contribution in [0.5, 0.6) is 11.5 Å². The lowest BCUT2D eigenvalue weighted by Gasteiger charge is -2.36. The number of carbonyl (C=O) groups is 1. The largest absolute Gasteiger partial charge is 0.503 e. The van der Waals surface area contributed by atoms with E-state index in [1.807, 2.05) is 18.2 Å². The number of aromatic hydroxyl groups is 1. The van der Waals surface area contributed by atoms with Crippen molar-refractivity contribution in [3.63, 3.8) is 0 Å². The maximum Gasteiger partial charge on any atom is 0.217 e. The van der Waals surface area contributed by atoms with Gasteiger partial charge in [-0.15, -0.1) is 0 Å². The van der Waals surface area contributed by atoms with Crippen LogP contribution >= 0.6 is 11.6 Å². The van der Waals surface area contributed by atoms with Gasteiger partial charge in [0.1, 0.15) is 0 Å². The van der Waals surface area contributed by atoms with Gasteiger partial charge < -0.3 is 19.9 Å². The van der Waals surface area contributed by atoms with E-state index in [0.29, 0.717) is 17.7 Å². The van der Waals surface area contributed by atoms with Crippen molar-refractivity contribution >= 4 is 17.5 Å². The average molecular weight is 390 g/mol. The molecule has 1 heterocycles. The summed E-state index contributed by atoms with van der Waals surface area (Å²) in [4.78, 5) is 11.6. The van der Waals surface area contributed by atoms with Crippen LogP contribution in [0.25, 0.3) is 0 Å². The van der Waals surface area contributed by atoms with Crippen LogP contribution in [0.2, 0.25) is 5.02 Å². The van der Waals surface area contributed by atoms with Gasteiger partial charge >= 0.3 is 0 Å². The van der Waals surface area contributed by atoms with Gasteiger partial charge in [-0.1, -0.05) is 48.0 Å². The summed E-state index contributed by atoms with van der Waals surface area (Å²) in [5.74, 6) is 0.156. The minimum atomic E-state index is -0.325.